The highest BCUT2D eigenvalue weighted by Gasteiger charge is 2.23. The molecule has 0 saturated carbocycles. The molecule has 3 N–H and O–H groups in total. The van der Waals surface area contributed by atoms with Gasteiger partial charge in [0.2, 0.25) is 10.0 Å². The first-order valence-corrected chi connectivity index (χ1v) is 7.08. The molecular weight excluding hydrogens is 266 g/mol. The van der Waals surface area contributed by atoms with Gasteiger partial charge in [-0.15, -0.1) is 0 Å². The second-order valence-corrected chi connectivity index (χ2v) is 6.02. The summed E-state index contributed by atoms with van der Waals surface area (Å²) in [5, 5.41) is 6.31. The zero-order valence-corrected chi connectivity index (χ0v) is 11.3. The summed E-state index contributed by atoms with van der Waals surface area (Å²) in [4.78, 5) is 4.13. The maximum atomic E-state index is 12.4. The molecule has 102 valence electrons. The van der Waals surface area contributed by atoms with Crippen molar-refractivity contribution in [3.63, 3.8) is 0 Å². The molecule has 19 heavy (non-hydrogen) atoms. The van der Waals surface area contributed by atoms with E-state index in [-0.39, 0.29) is 18.0 Å². The molecule has 0 atom stereocenters. The fourth-order valence-electron chi connectivity index (χ4n) is 1.69. The van der Waals surface area contributed by atoms with Gasteiger partial charge in [-0.25, -0.2) is 13.4 Å². The van der Waals surface area contributed by atoms with E-state index >= 15 is 0 Å². The number of sulfonamides is 1. The van der Waals surface area contributed by atoms with Crippen LogP contribution in [0.4, 0.5) is 0 Å². The number of nitrogens with one attached hydrogen (secondary N) is 1. The monoisotopic (exact) mass is 281 g/mol. The number of benzene rings is 1. The van der Waals surface area contributed by atoms with Crippen LogP contribution in [0.25, 0.3) is 0 Å². The summed E-state index contributed by atoms with van der Waals surface area (Å²) in [5.74, 6) is 0.483. The highest BCUT2D eigenvalue weighted by Crippen LogP contribution is 2.19. The molecule has 0 amide bonds. The Hall–Kier alpha value is -1.77. The van der Waals surface area contributed by atoms with E-state index in [1.807, 2.05) is 0 Å². The zero-order valence-electron chi connectivity index (χ0n) is 10.4. The lowest BCUT2D eigenvalue weighted by Gasteiger charge is -2.17. The standard InChI is InChI=1S/C11H15N5O2S/c1-16(7-11-13-8-14-15-11)19(17,18)10-5-3-2-4-9(10)6-12/h2-5,8H,6-7,12H2,1H3,(H,13,14,15). The lowest BCUT2D eigenvalue weighted by Crippen LogP contribution is -2.28. The summed E-state index contributed by atoms with van der Waals surface area (Å²) >= 11 is 0. The van der Waals surface area contributed by atoms with Crippen molar-refractivity contribution in [2.45, 2.75) is 18.0 Å². The SMILES string of the molecule is CN(Cc1ncn[nH]1)S(=O)(=O)c1ccccc1CN. The van der Waals surface area contributed by atoms with Crippen LogP contribution in [0.5, 0.6) is 0 Å². The highest BCUT2D eigenvalue weighted by molar-refractivity contribution is 7.89. The number of H-pyrrole nitrogens is 1. The summed E-state index contributed by atoms with van der Waals surface area (Å²) in [7, 11) is -2.10. The minimum atomic E-state index is -3.59. The third-order valence-electron chi connectivity index (χ3n) is 2.72. The molecule has 0 radical (unpaired) electrons. The van der Waals surface area contributed by atoms with E-state index in [1.165, 1.54) is 17.7 Å². The Balaban J connectivity index is 2.31. The molecule has 1 aromatic heterocycles. The minimum absolute atomic E-state index is 0.126. The van der Waals surface area contributed by atoms with Gasteiger partial charge in [0.15, 0.2) is 0 Å². The second kappa shape index (κ2) is 5.47. The van der Waals surface area contributed by atoms with Gasteiger partial charge >= 0.3 is 0 Å². The molecule has 7 nitrogen and oxygen atoms in total. The highest BCUT2D eigenvalue weighted by atomic mass is 32.2. The lowest BCUT2D eigenvalue weighted by molar-refractivity contribution is 0.456. The fraction of sp³-hybridized carbons (Fsp3) is 0.273. The third-order valence-corrected chi connectivity index (χ3v) is 4.62. The van der Waals surface area contributed by atoms with Gasteiger partial charge in [0.1, 0.15) is 12.2 Å². The van der Waals surface area contributed by atoms with Crippen molar-refractivity contribution in [1.29, 1.82) is 0 Å². The van der Waals surface area contributed by atoms with Crippen molar-refractivity contribution in [3.8, 4) is 0 Å². The van der Waals surface area contributed by atoms with Gasteiger partial charge in [0, 0.05) is 13.6 Å². The Bertz CT molecular complexity index is 639. The van der Waals surface area contributed by atoms with E-state index in [0.717, 1.165) is 0 Å². The Morgan fingerprint density at radius 1 is 1.37 bits per heavy atom. The average Bonchev–Trinajstić information content (AvgIpc) is 2.91. The van der Waals surface area contributed by atoms with Crippen LogP contribution in [-0.2, 0) is 23.1 Å². The van der Waals surface area contributed by atoms with Gasteiger partial charge in [-0.2, -0.15) is 9.40 Å². The average molecular weight is 281 g/mol. The van der Waals surface area contributed by atoms with Crippen LogP contribution in [0, 0.1) is 0 Å². The van der Waals surface area contributed by atoms with Gasteiger partial charge in [0.05, 0.1) is 11.4 Å². The van der Waals surface area contributed by atoms with Crippen LogP contribution < -0.4 is 5.73 Å². The Kier molecular flexibility index (Phi) is 3.93. The van der Waals surface area contributed by atoms with Crippen molar-refractivity contribution in [3.05, 3.63) is 42.0 Å². The number of hydrogen-bond donors (Lipinski definition) is 2. The number of aromatic amines is 1. The molecule has 1 aromatic carbocycles. The summed E-state index contributed by atoms with van der Waals surface area (Å²) in [6.07, 6.45) is 1.34. The van der Waals surface area contributed by atoms with Gasteiger partial charge in [-0.1, -0.05) is 18.2 Å². The minimum Gasteiger partial charge on any atom is -0.326 e. The maximum absolute atomic E-state index is 12.4. The number of rotatable bonds is 5. The van der Waals surface area contributed by atoms with Crippen LogP contribution in [0.15, 0.2) is 35.5 Å². The third kappa shape index (κ3) is 2.80. The van der Waals surface area contributed by atoms with Crippen LogP contribution in [0.1, 0.15) is 11.4 Å². The predicted octanol–water partition coefficient (Wildman–Crippen LogP) is 0.0841. The van der Waals surface area contributed by atoms with Crippen molar-refractivity contribution in [1.82, 2.24) is 19.5 Å². The van der Waals surface area contributed by atoms with Crippen LogP contribution in [0.2, 0.25) is 0 Å². The van der Waals surface area contributed by atoms with Crippen molar-refractivity contribution < 1.29 is 8.42 Å². The fourth-order valence-corrected chi connectivity index (χ4v) is 3.06. The van der Waals surface area contributed by atoms with E-state index < -0.39 is 10.0 Å². The van der Waals surface area contributed by atoms with Crippen molar-refractivity contribution in [2.24, 2.45) is 5.73 Å². The molecule has 0 unspecified atom stereocenters. The summed E-state index contributed by atoms with van der Waals surface area (Å²) in [6.45, 7) is 0.298. The normalized spacial score (nSPS) is 11.9. The quantitative estimate of drug-likeness (QED) is 0.807. The number of aromatic nitrogens is 3. The van der Waals surface area contributed by atoms with Crippen LogP contribution >= 0.6 is 0 Å². The first-order valence-electron chi connectivity index (χ1n) is 5.64. The number of nitrogens with two attached hydrogens (primary N) is 1. The van der Waals surface area contributed by atoms with Crippen molar-refractivity contribution >= 4 is 10.0 Å². The molecular formula is C11H15N5O2S. The van der Waals surface area contributed by atoms with Crippen LogP contribution in [-0.4, -0.2) is 35.0 Å². The van der Waals surface area contributed by atoms with Gasteiger partial charge in [-0.05, 0) is 11.6 Å². The Labute approximate surface area is 111 Å². The van der Waals surface area contributed by atoms with E-state index in [2.05, 4.69) is 15.2 Å². The molecule has 0 aliphatic carbocycles. The zero-order chi connectivity index (χ0) is 13.9. The molecule has 0 spiro atoms. The molecule has 0 aliphatic rings. The topological polar surface area (TPSA) is 105 Å². The molecule has 1 heterocycles. The maximum Gasteiger partial charge on any atom is 0.243 e. The van der Waals surface area contributed by atoms with E-state index in [1.54, 1.807) is 24.3 Å². The molecule has 0 bridgehead atoms. The molecule has 8 heteroatoms. The van der Waals surface area contributed by atoms with E-state index in [4.69, 9.17) is 5.73 Å². The molecule has 2 aromatic rings. The van der Waals surface area contributed by atoms with Crippen LogP contribution in [0.3, 0.4) is 0 Å². The predicted molar refractivity (Wildman–Crippen MR) is 69.4 cm³/mol. The molecule has 0 aliphatic heterocycles. The first-order chi connectivity index (χ1) is 9.05. The Morgan fingerprint density at radius 2 is 2.11 bits per heavy atom. The van der Waals surface area contributed by atoms with E-state index in [0.29, 0.717) is 11.4 Å². The largest absolute Gasteiger partial charge is 0.326 e. The molecule has 2 rings (SSSR count). The lowest BCUT2D eigenvalue weighted by atomic mass is 10.2. The van der Waals surface area contributed by atoms with Gasteiger partial charge in [0.25, 0.3) is 0 Å². The van der Waals surface area contributed by atoms with E-state index in [9.17, 15) is 8.42 Å². The van der Waals surface area contributed by atoms with Gasteiger partial charge in [-0.3, -0.25) is 5.10 Å². The smallest absolute Gasteiger partial charge is 0.243 e. The number of nitrogens with zero attached hydrogens (tertiary/aromatic N) is 3. The summed E-state index contributed by atoms with van der Waals surface area (Å²) < 4.78 is 26.1. The summed E-state index contributed by atoms with van der Waals surface area (Å²) in [5.41, 5.74) is 6.16. The second-order valence-electron chi connectivity index (χ2n) is 4.01. The number of hydrogen-bond acceptors (Lipinski definition) is 5. The van der Waals surface area contributed by atoms with Gasteiger partial charge < -0.3 is 5.73 Å². The first kappa shape index (κ1) is 13.7. The Morgan fingerprint density at radius 3 is 2.74 bits per heavy atom. The summed E-state index contributed by atoms with van der Waals surface area (Å²) in [6, 6.07) is 6.69. The molecule has 0 fully saturated rings. The van der Waals surface area contributed by atoms with Crippen molar-refractivity contribution in [2.75, 3.05) is 7.05 Å². The molecule has 0 saturated heterocycles.